The van der Waals surface area contributed by atoms with E-state index in [9.17, 15) is 9.90 Å². The molecule has 1 aromatic carbocycles. The van der Waals surface area contributed by atoms with Crippen LogP contribution in [0.4, 0.5) is 5.69 Å². The molecule has 1 saturated heterocycles. The lowest BCUT2D eigenvalue weighted by molar-refractivity contribution is 0.0695. The fraction of sp³-hybridized carbons (Fsp3) is 0.533. The number of piperidine rings is 1. The molecule has 0 radical (unpaired) electrons. The van der Waals surface area contributed by atoms with Gasteiger partial charge in [0, 0.05) is 12.2 Å². The van der Waals surface area contributed by atoms with E-state index in [0.29, 0.717) is 12.2 Å². The van der Waals surface area contributed by atoms with Crippen LogP contribution in [0.2, 0.25) is 0 Å². The minimum absolute atomic E-state index is 0.264. The monoisotopic (exact) mass is 262 g/mol. The van der Waals surface area contributed by atoms with Crippen molar-refractivity contribution in [2.45, 2.75) is 32.7 Å². The number of carbonyl (C=O) groups is 1. The Morgan fingerprint density at radius 3 is 2.68 bits per heavy atom. The summed E-state index contributed by atoms with van der Waals surface area (Å²) < 4.78 is 0. The zero-order chi connectivity index (χ0) is 13.8. The Hall–Kier alpha value is -1.55. The summed E-state index contributed by atoms with van der Waals surface area (Å²) in [6.07, 6.45) is 3.66. The molecular formula is C15H22N2O2. The Labute approximate surface area is 114 Å². The van der Waals surface area contributed by atoms with Crippen molar-refractivity contribution in [3.63, 3.8) is 0 Å². The number of anilines is 1. The van der Waals surface area contributed by atoms with Gasteiger partial charge in [-0.05, 0) is 43.5 Å². The quantitative estimate of drug-likeness (QED) is 0.818. The van der Waals surface area contributed by atoms with Gasteiger partial charge in [-0.2, -0.15) is 0 Å². The largest absolute Gasteiger partial charge is 0.478 e. The zero-order valence-corrected chi connectivity index (χ0v) is 11.4. The number of hydrogen-bond acceptors (Lipinski definition) is 3. The van der Waals surface area contributed by atoms with E-state index in [1.54, 1.807) is 6.07 Å². The van der Waals surface area contributed by atoms with Crippen molar-refractivity contribution < 1.29 is 9.90 Å². The normalized spacial score (nSPS) is 17.5. The van der Waals surface area contributed by atoms with Crippen LogP contribution in [-0.2, 0) is 6.54 Å². The fourth-order valence-electron chi connectivity index (χ4n) is 2.81. The Kier molecular flexibility index (Phi) is 4.43. The lowest BCUT2D eigenvalue weighted by Crippen LogP contribution is -2.33. The Morgan fingerprint density at radius 2 is 2.11 bits per heavy atom. The third kappa shape index (κ3) is 3.26. The van der Waals surface area contributed by atoms with E-state index >= 15 is 0 Å². The fourth-order valence-corrected chi connectivity index (χ4v) is 2.81. The molecule has 1 aliphatic rings. The number of nitrogens with zero attached hydrogens (tertiary/aromatic N) is 1. The zero-order valence-electron chi connectivity index (χ0n) is 11.4. The molecule has 1 aromatic rings. The molecule has 4 heteroatoms. The number of likely N-dealkylation sites (tertiary alicyclic amines) is 1. The van der Waals surface area contributed by atoms with Gasteiger partial charge in [0.15, 0.2) is 0 Å². The van der Waals surface area contributed by atoms with E-state index in [0.717, 1.165) is 24.6 Å². The average molecular weight is 262 g/mol. The number of hydrogen-bond donors (Lipinski definition) is 2. The van der Waals surface area contributed by atoms with Gasteiger partial charge in [-0.1, -0.05) is 25.5 Å². The molecule has 3 N–H and O–H groups in total. The number of nitrogens with two attached hydrogens (primary N) is 1. The van der Waals surface area contributed by atoms with Crippen LogP contribution in [0.25, 0.3) is 0 Å². The molecule has 0 aliphatic carbocycles. The second-order valence-corrected chi connectivity index (χ2v) is 5.31. The van der Waals surface area contributed by atoms with Gasteiger partial charge in [-0.3, -0.25) is 4.90 Å². The molecule has 1 heterocycles. The summed E-state index contributed by atoms with van der Waals surface area (Å²) in [5, 5.41) is 9.26. The number of nitrogen functional groups attached to an aromatic ring is 1. The molecule has 0 aromatic heterocycles. The molecule has 0 spiro atoms. The summed E-state index contributed by atoms with van der Waals surface area (Å²) in [7, 11) is 0. The minimum Gasteiger partial charge on any atom is -0.478 e. The van der Waals surface area contributed by atoms with Gasteiger partial charge in [-0.25, -0.2) is 4.79 Å². The van der Waals surface area contributed by atoms with E-state index in [2.05, 4.69) is 11.8 Å². The maximum atomic E-state index is 11.3. The van der Waals surface area contributed by atoms with E-state index in [1.165, 1.54) is 19.3 Å². The van der Waals surface area contributed by atoms with Gasteiger partial charge in [0.1, 0.15) is 0 Å². The third-order valence-corrected chi connectivity index (χ3v) is 4.08. The third-order valence-electron chi connectivity index (χ3n) is 4.08. The second-order valence-electron chi connectivity index (χ2n) is 5.31. The standard InChI is InChI=1S/C15H22N2O2/c1-2-11-6-8-17(9-7-11)10-12-4-3-5-13(16)14(12)15(18)19/h3-5,11H,2,6-10,16H2,1H3,(H,18,19). The van der Waals surface area contributed by atoms with Crippen LogP contribution in [0.5, 0.6) is 0 Å². The molecule has 0 amide bonds. The summed E-state index contributed by atoms with van der Waals surface area (Å²) in [6, 6.07) is 5.35. The summed E-state index contributed by atoms with van der Waals surface area (Å²) >= 11 is 0. The highest BCUT2D eigenvalue weighted by Crippen LogP contribution is 2.24. The van der Waals surface area contributed by atoms with Crippen molar-refractivity contribution in [3.05, 3.63) is 29.3 Å². The average Bonchev–Trinajstić information content (AvgIpc) is 2.39. The topological polar surface area (TPSA) is 66.6 Å². The Bertz CT molecular complexity index is 451. The van der Waals surface area contributed by atoms with Crippen LogP contribution in [0.3, 0.4) is 0 Å². The second kappa shape index (κ2) is 6.06. The van der Waals surface area contributed by atoms with Crippen molar-refractivity contribution in [3.8, 4) is 0 Å². The molecule has 2 rings (SSSR count). The number of carboxylic acid groups (broad SMARTS) is 1. The van der Waals surface area contributed by atoms with Crippen molar-refractivity contribution in [1.82, 2.24) is 4.90 Å². The van der Waals surface area contributed by atoms with Crippen LogP contribution in [0.15, 0.2) is 18.2 Å². The van der Waals surface area contributed by atoms with Gasteiger partial charge in [0.25, 0.3) is 0 Å². The van der Waals surface area contributed by atoms with E-state index in [1.807, 2.05) is 12.1 Å². The van der Waals surface area contributed by atoms with Crippen LogP contribution in [-0.4, -0.2) is 29.1 Å². The lowest BCUT2D eigenvalue weighted by atomic mass is 9.94. The first-order valence-electron chi connectivity index (χ1n) is 6.94. The number of aromatic carboxylic acids is 1. The van der Waals surface area contributed by atoms with E-state index < -0.39 is 5.97 Å². The van der Waals surface area contributed by atoms with Gasteiger partial charge in [0.05, 0.1) is 5.56 Å². The highest BCUT2D eigenvalue weighted by atomic mass is 16.4. The Morgan fingerprint density at radius 1 is 1.42 bits per heavy atom. The van der Waals surface area contributed by atoms with Crippen molar-refractivity contribution in [2.75, 3.05) is 18.8 Å². The van der Waals surface area contributed by atoms with E-state index in [4.69, 9.17) is 5.73 Å². The molecule has 0 saturated carbocycles. The lowest BCUT2D eigenvalue weighted by Gasteiger charge is -2.31. The van der Waals surface area contributed by atoms with Crippen molar-refractivity contribution >= 4 is 11.7 Å². The molecular weight excluding hydrogens is 240 g/mol. The predicted molar refractivity (Wildman–Crippen MR) is 76.1 cm³/mol. The first-order valence-corrected chi connectivity index (χ1v) is 6.94. The summed E-state index contributed by atoms with van der Waals surface area (Å²) in [5.74, 6) is -0.104. The Balaban J connectivity index is 2.08. The molecule has 19 heavy (non-hydrogen) atoms. The highest BCUT2D eigenvalue weighted by molar-refractivity contribution is 5.95. The van der Waals surface area contributed by atoms with Crippen molar-refractivity contribution in [1.29, 1.82) is 0 Å². The maximum Gasteiger partial charge on any atom is 0.338 e. The number of benzene rings is 1. The molecule has 104 valence electrons. The van der Waals surface area contributed by atoms with Gasteiger partial charge in [-0.15, -0.1) is 0 Å². The molecule has 0 unspecified atom stereocenters. The van der Waals surface area contributed by atoms with Crippen LogP contribution < -0.4 is 5.73 Å². The summed E-state index contributed by atoms with van der Waals surface area (Å²) in [6.45, 7) is 5.02. The smallest absolute Gasteiger partial charge is 0.338 e. The molecule has 1 fully saturated rings. The van der Waals surface area contributed by atoms with Crippen LogP contribution >= 0.6 is 0 Å². The maximum absolute atomic E-state index is 11.3. The molecule has 0 atom stereocenters. The number of rotatable bonds is 4. The van der Waals surface area contributed by atoms with Gasteiger partial charge < -0.3 is 10.8 Å². The molecule has 4 nitrogen and oxygen atoms in total. The predicted octanol–water partition coefficient (Wildman–Crippen LogP) is 2.59. The first kappa shape index (κ1) is 13.9. The van der Waals surface area contributed by atoms with Crippen LogP contribution in [0, 0.1) is 5.92 Å². The number of carboxylic acids is 1. The highest BCUT2D eigenvalue weighted by Gasteiger charge is 2.20. The summed E-state index contributed by atoms with van der Waals surface area (Å²) in [5.41, 5.74) is 7.21. The molecule has 1 aliphatic heterocycles. The summed E-state index contributed by atoms with van der Waals surface area (Å²) in [4.78, 5) is 13.6. The SMILES string of the molecule is CCC1CCN(Cc2cccc(N)c2C(=O)O)CC1. The van der Waals surface area contributed by atoms with Gasteiger partial charge in [0.2, 0.25) is 0 Å². The van der Waals surface area contributed by atoms with E-state index in [-0.39, 0.29) is 5.56 Å². The minimum atomic E-state index is -0.934. The first-order chi connectivity index (χ1) is 9.11. The van der Waals surface area contributed by atoms with Crippen molar-refractivity contribution in [2.24, 2.45) is 5.92 Å². The molecule has 0 bridgehead atoms. The van der Waals surface area contributed by atoms with Gasteiger partial charge >= 0.3 is 5.97 Å². The van der Waals surface area contributed by atoms with Crippen LogP contribution in [0.1, 0.15) is 42.1 Å².